The van der Waals surface area contributed by atoms with Gasteiger partial charge in [0, 0.05) is 13.3 Å². The van der Waals surface area contributed by atoms with Crippen molar-refractivity contribution in [2.24, 2.45) is 9.98 Å². The molecule has 1 aliphatic heterocycles. The molecule has 0 N–H and O–H groups in total. The summed E-state index contributed by atoms with van der Waals surface area (Å²) in [6.45, 7) is 5.38. The van der Waals surface area contributed by atoms with Gasteiger partial charge in [-0.1, -0.05) is 25.1 Å². The number of carbonyl (C=O) groups excluding carboxylic acids is 2. The van der Waals surface area contributed by atoms with Gasteiger partial charge in [-0.15, -0.1) is 0 Å². The van der Waals surface area contributed by atoms with Gasteiger partial charge in [-0.25, -0.2) is 14.7 Å². The average Bonchev–Trinajstić information content (AvgIpc) is 2.99. The summed E-state index contributed by atoms with van der Waals surface area (Å²) in [5.41, 5.74) is -0.663. The zero-order chi connectivity index (χ0) is 24.6. The van der Waals surface area contributed by atoms with Gasteiger partial charge in [-0.2, -0.15) is 13.2 Å². The van der Waals surface area contributed by atoms with Crippen LogP contribution in [0.25, 0.3) is 11.1 Å². The van der Waals surface area contributed by atoms with E-state index in [2.05, 4.69) is 14.7 Å². The minimum atomic E-state index is -4.73. The van der Waals surface area contributed by atoms with Crippen LogP contribution in [0.1, 0.15) is 48.7 Å². The number of carbonyl (C=O) groups is 2. The first kappa shape index (κ1) is 24.2. The molecule has 1 amide bonds. The van der Waals surface area contributed by atoms with E-state index in [-0.39, 0.29) is 11.9 Å². The standard InChI is InChI=1S/C24H24F3N3O3/c1-6-12-29-22(28-4)30-18-9-7-8-15(19(18)23(2,3)21(30)32)14-10-11-17(24(25,26)27)16(13-14)20(31)33-5/h7-13H,6H2,1-5H3/b28-22?,29-12-. The Bertz CT molecular complexity index is 1170. The summed E-state index contributed by atoms with van der Waals surface area (Å²) in [4.78, 5) is 35.4. The molecule has 1 heterocycles. The smallest absolute Gasteiger partial charge is 0.417 e. The molecule has 0 spiro atoms. The highest BCUT2D eigenvalue weighted by molar-refractivity contribution is 6.25. The van der Waals surface area contributed by atoms with E-state index in [0.29, 0.717) is 28.8 Å². The van der Waals surface area contributed by atoms with Crippen LogP contribution in [0.4, 0.5) is 18.9 Å². The number of alkyl halides is 3. The normalized spacial score (nSPS) is 15.8. The molecule has 2 aromatic rings. The van der Waals surface area contributed by atoms with E-state index >= 15 is 0 Å². The molecular formula is C24H24F3N3O3. The first-order chi connectivity index (χ1) is 15.5. The van der Waals surface area contributed by atoms with E-state index in [9.17, 15) is 22.8 Å². The molecule has 33 heavy (non-hydrogen) atoms. The topological polar surface area (TPSA) is 71.3 Å². The van der Waals surface area contributed by atoms with Crippen molar-refractivity contribution in [1.29, 1.82) is 0 Å². The SMILES string of the molecule is CC/C=N\C(=NC)N1C(=O)C(C)(C)c2c(-c3ccc(C(F)(F)F)c(C(=O)OC)c3)cccc21. The van der Waals surface area contributed by atoms with E-state index in [4.69, 9.17) is 0 Å². The molecule has 9 heteroatoms. The molecular weight excluding hydrogens is 435 g/mol. The van der Waals surface area contributed by atoms with Gasteiger partial charge >= 0.3 is 12.1 Å². The number of nitrogens with zero attached hydrogens (tertiary/aromatic N) is 3. The van der Waals surface area contributed by atoms with Crippen molar-refractivity contribution in [3.63, 3.8) is 0 Å². The van der Waals surface area contributed by atoms with Gasteiger partial charge < -0.3 is 4.74 Å². The lowest BCUT2D eigenvalue weighted by Crippen LogP contribution is -2.39. The largest absolute Gasteiger partial charge is 0.465 e. The van der Waals surface area contributed by atoms with Crippen LogP contribution in [0.5, 0.6) is 0 Å². The number of anilines is 1. The summed E-state index contributed by atoms with van der Waals surface area (Å²) in [7, 11) is 2.56. The van der Waals surface area contributed by atoms with E-state index < -0.39 is 28.7 Å². The molecule has 0 saturated carbocycles. The number of aliphatic imine (C=N–C) groups is 2. The van der Waals surface area contributed by atoms with E-state index in [0.717, 1.165) is 19.2 Å². The Hall–Kier alpha value is -3.49. The lowest BCUT2D eigenvalue weighted by Gasteiger charge is -2.20. The number of guanidine groups is 1. The molecule has 0 radical (unpaired) electrons. The fraction of sp³-hybridized carbons (Fsp3) is 0.333. The highest BCUT2D eigenvalue weighted by Crippen LogP contribution is 2.47. The zero-order valence-electron chi connectivity index (χ0n) is 18.9. The van der Waals surface area contributed by atoms with Gasteiger partial charge in [0.25, 0.3) is 0 Å². The maximum atomic E-state index is 13.5. The number of hydrogen-bond donors (Lipinski definition) is 0. The lowest BCUT2D eigenvalue weighted by atomic mass is 9.81. The van der Waals surface area contributed by atoms with Crippen molar-refractivity contribution in [3.05, 3.63) is 53.1 Å². The third-order valence-electron chi connectivity index (χ3n) is 5.48. The Morgan fingerprint density at radius 1 is 1.21 bits per heavy atom. The molecule has 0 aliphatic carbocycles. The quantitative estimate of drug-likeness (QED) is 0.358. The van der Waals surface area contributed by atoms with Crippen LogP contribution in [0.3, 0.4) is 0 Å². The van der Waals surface area contributed by atoms with Crippen LogP contribution in [0.2, 0.25) is 0 Å². The molecule has 2 aromatic carbocycles. The fourth-order valence-electron chi connectivity index (χ4n) is 3.94. The van der Waals surface area contributed by atoms with Crippen molar-refractivity contribution < 1.29 is 27.5 Å². The molecule has 0 bridgehead atoms. The Labute approximate surface area is 189 Å². The maximum Gasteiger partial charge on any atom is 0.417 e. The summed E-state index contributed by atoms with van der Waals surface area (Å²) >= 11 is 0. The molecule has 3 rings (SSSR count). The van der Waals surface area contributed by atoms with Gasteiger partial charge in [-0.3, -0.25) is 9.79 Å². The minimum Gasteiger partial charge on any atom is -0.465 e. The van der Waals surface area contributed by atoms with Crippen LogP contribution < -0.4 is 4.90 Å². The molecule has 1 aliphatic rings. The highest BCUT2D eigenvalue weighted by Gasteiger charge is 2.47. The van der Waals surface area contributed by atoms with Crippen LogP contribution in [-0.2, 0) is 21.1 Å². The van der Waals surface area contributed by atoms with Crippen LogP contribution in [0.15, 0.2) is 46.4 Å². The number of esters is 1. The summed E-state index contributed by atoms with van der Waals surface area (Å²) in [5, 5.41) is 0. The van der Waals surface area contributed by atoms with E-state index in [1.807, 2.05) is 6.92 Å². The third kappa shape index (κ3) is 4.15. The first-order valence-electron chi connectivity index (χ1n) is 10.3. The molecule has 0 fully saturated rings. The number of benzene rings is 2. The second kappa shape index (κ2) is 8.80. The highest BCUT2D eigenvalue weighted by atomic mass is 19.4. The fourth-order valence-corrected chi connectivity index (χ4v) is 3.94. The second-order valence-electron chi connectivity index (χ2n) is 7.96. The molecule has 6 nitrogen and oxygen atoms in total. The molecule has 0 unspecified atom stereocenters. The molecule has 0 aromatic heterocycles. The second-order valence-corrected chi connectivity index (χ2v) is 7.96. The lowest BCUT2D eigenvalue weighted by molar-refractivity contribution is -0.138. The zero-order valence-corrected chi connectivity index (χ0v) is 18.9. The third-order valence-corrected chi connectivity index (χ3v) is 5.48. The van der Waals surface area contributed by atoms with Gasteiger partial charge in [0.1, 0.15) is 0 Å². The van der Waals surface area contributed by atoms with E-state index in [1.165, 1.54) is 18.0 Å². The maximum absolute atomic E-state index is 13.5. The summed E-state index contributed by atoms with van der Waals surface area (Å²) in [5.74, 6) is -1.14. The van der Waals surface area contributed by atoms with Crippen molar-refractivity contribution in [2.45, 2.75) is 38.8 Å². The Morgan fingerprint density at radius 3 is 2.48 bits per heavy atom. The van der Waals surface area contributed by atoms with Crippen molar-refractivity contribution in [3.8, 4) is 11.1 Å². The van der Waals surface area contributed by atoms with Gasteiger partial charge in [0.05, 0.1) is 29.3 Å². The number of methoxy groups -OCH3 is 1. The van der Waals surface area contributed by atoms with Gasteiger partial charge in [0.2, 0.25) is 11.9 Å². The summed E-state index contributed by atoms with van der Waals surface area (Å²) in [6, 6.07) is 8.44. The predicted molar refractivity (Wildman–Crippen MR) is 121 cm³/mol. The van der Waals surface area contributed by atoms with Crippen LogP contribution >= 0.6 is 0 Å². The monoisotopic (exact) mass is 459 g/mol. The van der Waals surface area contributed by atoms with Crippen LogP contribution in [-0.4, -0.2) is 38.2 Å². The number of amides is 1. The Morgan fingerprint density at radius 2 is 1.91 bits per heavy atom. The van der Waals surface area contributed by atoms with E-state index in [1.54, 1.807) is 38.3 Å². The van der Waals surface area contributed by atoms with Crippen molar-refractivity contribution in [2.75, 3.05) is 19.1 Å². The summed E-state index contributed by atoms with van der Waals surface area (Å²) < 4.78 is 45.0. The van der Waals surface area contributed by atoms with Gasteiger partial charge in [0.15, 0.2) is 0 Å². The Kier molecular flexibility index (Phi) is 6.44. The van der Waals surface area contributed by atoms with Crippen molar-refractivity contribution >= 4 is 29.7 Å². The summed E-state index contributed by atoms with van der Waals surface area (Å²) in [6.07, 6.45) is -2.43. The predicted octanol–water partition coefficient (Wildman–Crippen LogP) is 5.25. The van der Waals surface area contributed by atoms with Gasteiger partial charge in [-0.05, 0) is 55.2 Å². The number of fused-ring (bicyclic) bond motifs is 1. The minimum absolute atomic E-state index is 0.216. The molecule has 0 atom stereocenters. The molecule has 0 saturated heterocycles. The average molecular weight is 459 g/mol. The number of hydrogen-bond acceptors (Lipinski definition) is 4. The number of halogens is 3. The molecule has 174 valence electrons. The van der Waals surface area contributed by atoms with Crippen LogP contribution in [0, 0.1) is 0 Å². The first-order valence-corrected chi connectivity index (χ1v) is 10.3. The van der Waals surface area contributed by atoms with Crippen molar-refractivity contribution in [1.82, 2.24) is 0 Å². The Balaban J connectivity index is 2.26. The number of rotatable bonds is 3. The number of ether oxygens (including phenoxy) is 1.